The molecule has 1 heterocycles. The molecule has 4 nitrogen and oxygen atoms in total. The molecule has 216 valence electrons. The number of nitrogens with zero attached hydrogens (tertiary/aromatic N) is 2. The molecule has 0 aliphatic rings. The molecule has 0 aliphatic heterocycles. The van der Waals surface area contributed by atoms with Gasteiger partial charge in [-0.15, -0.1) is 0 Å². The smallest absolute Gasteiger partial charge is 0.227 e. The van der Waals surface area contributed by atoms with Crippen molar-refractivity contribution in [3.63, 3.8) is 0 Å². The van der Waals surface area contributed by atoms with Gasteiger partial charge in [0.1, 0.15) is 5.75 Å². The van der Waals surface area contributed by atoms with Crippen LogP contribution in [0.25, 0.3) is 0 Å². The highest BCUT2D eigenvalue weighted by molar-refractivity contribution is 5.93. The van der Waals surface area contributed by atoms with Gasteiger partial charge in [-0.1, -0.05) is 115 Å². The third kappa shape index (κ3) is 11.9. The molecule has 3 aromatic rings. The van der Waals surface area contributed by atoms with Crippen LogP contribution >= 0.6 is 0 Å². The standard InChI is InChI=1S/C36H50N2O2/c1-3-5-6-7-8-9-10-11-12-13-14-15-26-40-35-23-21-31(22-24-35)30-38(36(39)4-2)34-20-16-18-32(28-34)27-33-19-17-25-37-29-33/h16-25,28-29H,3-15,26-27,30H2,1-2H3. The van der Waals surface area contributed by atoms with E-state index < -0.39 is 0 Å². The Balaban J connectivity index is 1.38. The van der Waals surface area contributed by atoms with Gasteiger partial charge in [0, 0.05) is 24.5 Å². The minimum Gasteiger partial charge on any atom is -0.494 e. The third-order valence-corrected chi connectivity index (χ3v) is 7.49. The van der Waals surface area contributed by atoms with Gasteiger partial charge in [-0.3, -0.25) is 9.78 Å². The Kier molecular flexibility index (Phi) is 14.9. The fraction of sp³-hybridized carbons (Fsp3) is 0.500. The van der Waals surface area contributed by atoms with E-state index in [1.807, 2.05) is 48.4 Å². The van der Waals surface area contributed by atoms with Gasteiger partial charge in [-0.2, -0.15) is 0 Å². The maximum atomic E-state index is 12.9. The Morgan fingerprint density at radius 1 is 0.725 bits per heavy atom. The lowest BCUT2D eigenvalue weighted by Crippen LogP contribution is -2.29. The molecule has 3 rings (SSSR count). The van der Waals surface area contributed by atoms with Crippen LogP contribution in [0.1, 0.15) is 114 Å². The van der Waals surface area contributed by atoms with Crippen LogP contribution in [0.3, 0.4) is 0 Å². The average molecular weight is 543 g/mol. The van der Waals surface area contributed by atoms with Crippen LogP contribution in [0.4, 0.5) is 5.69 Å². The average Bonchev–Trinajstić information content (AvgIpc) is 2.99. The molecule has 0 saturated heterocycles. The predicted molar refractivity (Wildman–Crippen MR) is 168 cm³/mol. The maximum absolute atomic E-state index is 12.9. The summed E-state index contributed by atoms with van der Waals surface area (Å²) in [5.41, 5.74) is 4.35. The van der Waals surface area contributed by atoms with E-state index in [4.69, 9.17) is 4.74 Å². The number of carbonyl (C=O) groups excluding carboxylic acids is 1. The molecule has 0 spiro atoms. The Morgan fingerprint density at radius 3 is 2.00 bits per heavy atom. The molecule has 0 aliphatic carbocycles. The van der Waals surface area contributed by atoms with Crippen LogP contribution in [0.2, 0.25) is 0 Å². The van der Waals surface area contributed by atoms with Crippen molar-refractivity contribution >= 4 is 11.6 Å². The van der Waals surface area contributed by atoms with Crippen molar-refractivity contribution in [2.75, 3.05) is 11.5 Å². The van der Waals surface area contributed by atoms with Crippen molar-refractivity contribution in [1.29, 1.82) is 0 Å². The van der Waals surface area contributed by atoms with E-state index in [9.17, 15) is 4.79 Å². The Bertz CT molecular complexity index is 1080. The summed E-state index contributed by atoms with van der Waals surface area (Å²) in [4.78, 5) is 19.0. The van der Waals surface area contributed by atoms with Crippen LogP contribution in [0.15, 0.2) is 73.1 Å². The SMILES string of the molecule is CCCCCCCCCCCCCCOc1ccc(CN(C(=O)CC)c2cccc(Cc3cccnc3)c2)cc1. The second-order valence-corrected chi connectivity index (χ2v) is 10.9. The molecule has 0 bridgehead atoms. The zero-order valence-electron chi connectivity index (χ0n) is 25.0. The van der Waals surface area contributed by atoms with Crippen LogP contribution in [-0.4, -0.2) is 17.5 Å². The van der Waals surface area contributed by atoms with E-state index in [1.165, 1.54) is 76.2 Å². The first kappa shape index (κ1) is 31.4. The summed E-state index contributed by atoms with van der Waals surface area (Å²) in [6.07, 6.45) is 21.1. The van der Waals surface area contributed by atoms with Gasteiger partial charge in [0.05, 0.1) is 13.2 Å². The second-order valence-electron chi connectivity index (χ2n) is 10.9. The summed E-state index contributed by atoms with van der Waals surface area (Å²) in [5, 5.41) is 0. The fourth-order valence-corrected chi connectivity index (χ4v) is 5.09. The van der Waals surface area contributed by atoms with Gasteiger partial charge in [0.25, 0.3) is 0 Å². The zero-order chi connectivity index (χ0) is 28.3. The van der Waals surface area contributed by atoms with Gasteiger partial charge in [-0.05, 0) is 59.9 Å². The van der Waals surface area contributed by atoms with E-state index in [1.54, 1.807) is 6.20 Å². The number of rotatable bonds is 20. The number of aromatic nitrogens is 1. The molecule has 0 atom stereocenters. The maximum Gasteiger partial charge on any atom is 0.227 e. The molecule has 1 aromatic heterocycles. The Labute approximate surface area is 243 Å². The van der Waals surface area contributed by atoms with Crippen molar-refractivity contribution < 1.29 is 9.53 Å². The van der Waals surface area contributed by atoms with Gasteiger partial charge in [0.15, 0.2) is 0 Å². The highest BCUT2D eigenvalue weighted by Crippen LogP contribution is 2.23. The number of carbonyl (C=O) groups is 1. The van der Waals surface area contributed by atoms with Crippen molar-refractivity contribution in [3.05, 3.63) is 89.7 Å². The largest absolute Gasteiger partial charge is 0.494 e. The zero-order valence-corrected chi connectivity index (χ0v) is 25.0. The topological polar surface area (TPSA) is 42.4 Å². The minimum atomic E-state index is 0.117. The van der Waals surface area contributed by atoms with Crippen LogP contribution in [0.5, 0.6) is 5.75 Å². The third-order valence-electron chi connectivity index (χ3n) is 7.49. The lowest BCUT2D eigenvalue weighted by molar-refractivity contribution is -0.118. The number of amides is 1. The quantitative estimate of drug-likeness (QED) is 0.133. The van der Waals surface area contributed by atoms with Crippen molar-refractivity contribution in [2.24, 2.45) is 0 Å². The summed E-state index contributed by atoms with van der Waals surface area (Å²) < 4.78 is 6.00. The van der Waals surface area contributed by atoms with E-state index in [-0.39, 0.29) is 5.91 Å². The molecular weight excluding hydrogens is 492 g/mol. The molecular formula is C36H50N2O2. The molecule has 0 fully saturated rings. The van der Waals surface area contributed by atoms with E-state index >= 15 is 0 Å². The van der Waals surface area contributed by atoms with E-state index in [2.05, 4.69) is 42.2 Å². The number of ether oxygens (including phenoxy) is 1. The van der Waals surface area contributed by atoms with E-state index in [0.717, 1.165) is 42.0 Å². The van der Waals surface area contributed by atoms with Gasteiger partial charge in [-0.25, -0.2) is 0 Å². The van der Waals surface area contributed by atoms with Gasteiger partial charge < -0.3 is 9.64 Å². The van der Waals surface area contributed by atoms with Crippen molar-refractivity contribution in [3.8, 4) is 5.75 Å². The van der Waals surface area contributed by atoms with Gasteiger partial charge in [0.2, 0.25) is 5.91 Å². The molecule has 0 unspecified atom stereocenters. The van der Waals surface area contributed by atoms with E-state index in [0.29, 0.717) is 13.0 Å². The van der Waals surface area contributed by atoms with Crippen molar-refractivity contribution in [2.45, 2.75) is 110 Å². The summed E-state index contributed by atoms with van der Waals surface area (Å²) in [7, 11) is 0. The number of benzene rings is 2. The molecule has 0 radical (unpaired) electrons. The highest BCUT2D eigenvalue weighted by atomic mass is 16.5. The summed E-state index contributed by atoms with van der Waals surface area (Å²) >= 11 is 0. The lowest BCUT2D eigenvalue weighted by atomic mass is 10.1. The highest BCUT2D eigenvalue weighted by Gasteiger charge is 2.15. The first-order valence-electron chi connectivity index (χ1n) is 15.7. The van der Waals surface area contributed by atoms with Crippen LogP contribution in [0, 0.1) is 0 Å². The summed E-state index contributed by atoms with van der Waals surface area (Å²) in [6, 6.07) is 20.5. The molecule has 40 heavy (non-hydrogen) atoms. The molecule has 4 heteroatoms. The number of anilines is 1. The van der Waals surface area contributed by atoms with Crippen LogP contribution in [-0.2, 0) is 17.8 Å². The van der Waals surface area contributed by atoms with Crippen LogP contribution < -0.4 is 9.64 Å². The Hall–Kier alpha value is -3.14. The monoisotopic (exact) mass is 542 g/mol. The Morgan fingerprint density at radius 2 is 1.38 bits per heavy atom. The summed E-state index contributed by atoms with van der Waals surface area (Å²) in [6.45, 7) is 5.50. The summed E-state index contributed by atoms with van der Waals surface area (Å²) in [5.74, 6) is 1.02. The first-order chi connectivity index (χ1) is 19.7. The number of unbranched alkanes of at least 4 members (excludes halogenated alkanes) is 11. The lowest BCUT2D eigenvalue weighted by Gasteiger charge is -2.23. The number of pyridine rings is 1. The molecule has 2 aromatic carbocycles. The first-order valence-corrected chi connectivity index (χ1v) is 15.7. The molecule has 1 amide bonds. The number of hydrogen-bond donors (Lipinski definition) is 0. The normalized spacial score (nSPS) is 10.9. The predicted octanol–water partition coefficient (Wildman–Crippen LogP) is 9.70. The number of hydrogen-bond acceptors (Lipinski definition) is 3. The van der Waals surface area contributed by atoms with Gasteiger partial charge >= 0.3 is 0 Å². The molecule has 0 saturated carbocycles. The second kappa shape index (κ2) is 19.0. The fourth-order valence-electron chi connectivity index (χ4n) is 5.09. The van der Waals surface area contributed by atoms with Crippen molar-refractivity contribution in [1.82, 2.24) is 4.98 Å². The minimum absolute atomic E-state index is 0.117. The molecule has 0 N–H and O–H groups in total.